The number of amides is 1. The number of carbonyl (C=O) groups is 1. The average Bonchev–Trinajstić information content (AvgIpc) is 2.74. The second-order valence-corrected chi connectivity index (χ2v) is 3.94. The van der Waals surface area contributed by atoms with E-state index >= 15 is 0 Å². The van der Waals surface area contributed by atoms with E-state index < -0.39 is 0 Å². The van der Waals surface area contributed by atoms with Crippen molar-refractivity contribution in [2.45, 2.75) is 13.5 Å². The number of halogens is 1. The van der Waals surface area contributed by atoms with E-state index in [4.69, 9.17) is 16.0 Å². The van der Waals surface area contributed by atoms with E-state index in [0.29, 0.717) is 12.1 Å². The highest BCUT2D eigenvalue weighted by molar-refractivity contribution is 6.32. The van der Waals surface area contributed by atoms with Crippen molar-refractivity contribution in [2.24, 2.45) is 0 Å². The van der Waals surface area contributed by atoms with Gasteiger partial charge in [0, 0.05) is 18.4 Å². The van der Waals surface area contributed by atoms with Crippen molar-refractivity contribution in [1.82, 2.24) is 10.3 Å². The van der Waals surface area contributed by atoms with Crippen LogP contribution in [0.1, 0.15) is 21.6 Å². The van der Waals surface area contributed by atoms with Gasteiger partial charge >= 0.3 is 0 Å². The first-order chi connectivity index (χ1) is 8.16. The molecule has 0 radical (unpaired) electrons. The molecule has 0 aliphatic rings. The van der Waals surface area contributed by atoms with Crippen molar-refractivity contribution in [2.75, 3.05) is 0 Å². The van der Waals surface area contributed by atoms with Crippen LogP contribution < -0.4 is 5.32 Å². The number of pyridine rings is 1. The Morgan fingerprint density at radius 3 is 2.88 bits per heavy atom. The smallest absolute Gasteiger partial charge is 0.256 e. The lowest BCUT2D eigenvalue weighted by Crippen LogP contribution is -2.22. The van der Waals surface area contributed by atoms with Gasteiger partial charge in [-0.3, -0.25) is 9.78 Å². The minimum absolute atomic E-state index is 0.101. The van der Waals surface area contributed by atoms with E-state index in [2.05, 4.69) is 10.3 Å². The van der Waals surface area contributed by atoms with Gasteiger partial charge in [-0.2, -0.15) is 0 Å². The number of hydrogen-bond donors (Lipinski definition) is 1. The van der Waals surface area contributed by atoms with Gasteiger partial charge in [-0.15, -0.1) is 0 Å². The fourth-order valence-electron chi connectivity index (χ4n) is 1.34. The highest BCUT2D eigenvalue weighted by Gasteiger charge is 2.12. The zero-order valence-corrected chi connectivity index (χ0v) is 9.99. The van der Waals surface area contributed by atoms with Gasteiger partial charge in [0.25, 0.3) is 5.91 Å². The normalized spacial score (nSPS) is 10.2. The van der Waals surface area contributed by atoms with Gasteiger partial charge in [0.15, 0.2) is 0 Å². The SMILES string of the molecule is Cc1ccc(CNC(=O)c2ccoc2Cl)cn1. The van der Waals surface area contributed by atoms with E-state index in [-0.39, 0.29) is 11.1 Å². The lowest BCUT2D eigenvalue weighted by molar-refractivity contribution is 0.0950. The second-order valence-electron chi connectivity index (χ2n) is 3.60. The van der Waals surface area contributed by atoms with Gasteiger partial charge in [-0.25, -0.2) is 0 Å². The third-order valence-corrected chi connectivity index (χ3v) is 2.58. The van der Waals surface area contributed by atoms with Crippen molar-refractivity contribution in [3.63, 3.8) is 0 Å². The molecule has 0 aliphatic heterocycles. The summed E-state index contributed by atoms with van der Waals surface area (Å²) in [6.07, 6.45) is 3.11. The molecule has 2 aromatic rings. The molecule has 0 saturated heterocycles. The molecule has 2 heterocycles. The minimum Gasteiger partial charge on any atom is -0.452 e. The first-order valence-corrected chi connectivity index (χ1v) is 5.47. The van der Waals surface area contributed by atoms with Crippen LogP contribution in [0.3, 0.4) is 0 Å². The maximum atomic E-state index is 11.7. The van der Waals surface area contributed by atoms with Crippen LogP contribution in [-0.4, -0.2) is 10.9 Å². The summed E-state index contributed by atoms with van der Waals surface area (Å²) >= 11 is 5.70. The van der Waals surface area contributed by atoms with Gasteiger partial charge < -0.3 is 9.73 Å². The average molecular weight is 251 g/mol. The molecule has 2 rings (SSSR count). The van der Waals surface area contributed by atoms with Crippen LogP contribution in [0.25, 0.3) is 0 Å². The third-order valence-electron chi connectivity index (χ3n) is 2.29. The maximum Gasteiger partial charge on any atom is 0.256 e. The van der Waals surface area contributed by atoms with Crippen molar-refractivity contribution in [1.29, 1.82) is 0 Å². The molecule has 0 unspecified atom stereocenters. The van der Waals surface area contributed by atoms with Crippen LogP contribution in [0, 0.1) is 6.92 Å². The van der Waals surface area contributed by atoms with Crippen LogP contribution >= 0.6 is 11.6 Å². The van der Waals surface area contributed by atoms with Gasteiger partial charge in [-0.05, 0) is 36.2 Å². The topological polar surface area (TPSA) is 55.1 Å². The first-order valence-electron chi connectivity index (χ1n) is 5.09. The molecule has 0 bridgehead atoms. The maximum absolute atomic E-state index is 11.7. The summed E-state index contributed by atoms with van der Waals surface area (Å²) in [5.41, 5.74) is 2.22. The Morgan fingerprint density at radius 1 is 1.47 bits per heavy atom. The molecule has 0 aromatic carbocycles. The monoisotopic (exact) mass is 250 g/mol. The van der Waals surface area contributed by atoms with Crippen molar-refractivity contribution in [3.05, 3.63) is 52.7 Å². The predicted molar refractivity (Wildman–Crippen MR) is 63.9 cm³/mol. The van der Waals surface area contributed by atoms with Crippen molar-refractivity contribution in [3.8, 4) is 0 Å². The number of nitrogens with one attached hydrogen (secondary N) is 1. The molecular weight excluding hydrogens is 240 g/mol. The Hall–Kier alpha value is -1.81. The predicted octanol–water partition coefficient (Wildman–Crippen LogP) is 2.57. The standard InChI is InChI=1S/C12H11ClN2O2/c1-8-2-3-9(6-14-8)7-15-12(16)10-4-5-17-11(10)13/h2-6H,7H2,1H3,(H,15,16). The van der Waals surface area contributed by atoms with E-state index in [1.165, 1.54) is 12.3 Å². The van der Waals surface area contributed by atoms with Crippen LogP contribution in [-0.2, 0) is 6.54 Å². The fourth-order valence-corrected chi connectivity index (χ4v) is 1.54. The number of carbonyl (C=O) groups excluding carboxylic acids is 1. The van der Waals surface area contributed by atoms with E-state index in [9.17, 15) is 4.79 Å². The molecule has 2 aromatic heterocycles. The van der Waals surface area contributed by atoms with Crippen LogP contribution in [0.15, 0.2) is 35.1 Å². The molecule has 0 spiro atoms. The Bertz CT molecular complexity index is 520. The van der Waals surface area contributed by atoms with Crippen LogP contribution in [0.5, 0.6) is 0 Å². The van der Waals surface area contributed by atoms with Gasteiger partial charge in [0.1, 0.15) is 0 Å². The number of rotatable bonds is 3. The molecule has 5 heteroatoms. The van der Waals surface area contributed by atoms with Gasteiger partial charge in [-0.1, -0.05) is 6.07 Å². The Morgan fingerprint density at radius 2 is 2.29 bits per heavy atom. The number of furan rings is 1. The molecular formula is C12H11ClN2O2. The largest absolute Gasteiger partial charge is 0.452 e. The van der Waals surface area contributed by atoms with Crippen LogP contribution in [0.4, 0.5) is 0 Å². The van der Waals surface area contributed by atoms with Crippen molar-refractivity contribution < 1.29 is 9.21 Å². The number of hydrogen-bond acceptors (Lipinski definition) is 3. The zero-order chi connectivity index (χ0) is 12.3. The molecule has 1 N–H and O–H groups in total. The molecule has 4 nitrogen and oxygen atoms in total. The van der Waals surface area contributed by atoms with Crippen LogP contribution in [0.2, 0.25) is 5.22 Å². The fraction of sp³-hybridized carbons (Fsp3) is 0.167. The van der Waals surface area contributed by atoms with Gasteiger partial charge in [0.05, 0.1) is 11.8 Å². The summed E-state index contributed by atoms with van der Waals surface area (Å²) in [5.74, 6) is -0.260. The number of nitrogens with zero attached hydrogens (tertiary/aromatic N) is 1. The Labute approximate surface area is 104 Å². The highest BCUT2D eigenvalue weighted by Crippen LogP contribution is 2.16. The quantitative estimate of drug-likeness (QED) is 0.911. The number of aromatic nitrogens is 1. The highest BCUT2D eigenvalue weighted by atomic mass is 35.5. The lowest BCUT2D eigenvalue weighted by atomic mass is 10.2. The lowest BCUT2D eigenvalue weighted by Gasteiger charge is -2.03. The molecule has 0 saturated carbocycles. The molecule has 0 fully saturated rings. The second kappa shape index (κ2) is 5.01. The Kier molecular flexibility index (Phi) is 3.44. The van der Waals surface area contributed by atoms with Crippen molar-refractivity contribution >= 4 is 17.5 Å². The molecule has 0 aliphatic carbocycles. The molecule has 1 amide bonds. The summed E-state index contributed by atoms with van der Waals surface area (Å²) < 4.78 is 4.85. The summed E-state index contributed by atoms with van der Waals surface area (Å²) in [6.45, 7) is 2.32. The first kappa shape index (κ1) is 11.7. The van der Waals surface area contributed by atoms with E-state index in [1.54, 1.807) is 6.20 Å². The van der Waals surface area contributed by atoms with E-state index in [1.807, 2.05) is 19.1 Å². The number of aryl methyl sites for hydroxylation is 1. The van der Waals surface area contributed by atoms with Gasteiger partial charge in [0.2, 0.25) is 5.22 Å². The summed E-state index contributed by atoms with van der Waals surface area (Å²) in [6, 6.07) is 5.34. The Balaban J connectivity index is 1.97. The zero-order valence-electron chi connectivity index (χ0n) is 9.24. The minimum atomic E-state index is -0.260. The third kappa shape index (κ3) is 2.85. The summed E-state index contributed by atoms with van der Waals surface area (Å²) in [7, 11) is 0. The van der Waals surface area contributed by atoms with E-state index in [0.717, 1.165) is 11.3 Å². The molecule has 0 atom stereocenters. The molecule has 17 heavy (non-hydrogen) atoms. The molecule has 88 valence electrons. The summed E-state index contributed by atoms with van der Waals surface area (Å²) in [4.78, 5) is 15.8. The summed E-state index contributed by atoms with van der Waals surface area (Å²) in [5, 5.41) is 2.84.